The van der Waals surface area contributed by atoms with Crippen molar-refractivity contribution in [2.24, 2.45) is 17.6 Å². The summed E-state index contributed by atoms with van der Waals surface area (Å²) in [5, 5.41) is 0. The largest absolute Gasteiger partial charge is 0.444 e. The average molecular weight is 497 g/mol. The van der Waals surface area contributed by atoms with E-state index in [-0.39, 0.29) is 42.4 Å². The molecule has 1 aliphatic carbocycles. The van der Waals surface area contributed by atoms with Gasteiger partial charge in [-0.2, -0.15) is 0 Å². The van der Waals surface area contributed by atoms with Crippen molar-refractivity contribution in [1.29, 1.82) is 0 Å². The van der Waals surface area contributed by atoms with Crippen LogP contribution in [0.25, 0.3) is 0 Å². The van der Waals surface area contributed by atoms with Gasteiger partial charge in [-0.15, -0.1) is 0 Å². The van der Waals surface area contributed by atoms with Crippen LogP contribution in [-0.4, -0.2) is 61.0 Å². The summed E-state index contributed by atoms with van der Waals surface area (Å²) >= 11 is 0. The van der Waals surface area contributed by atoms with E-state index in [1.54, 1.807) is 12.1 Å². The Morgan fingerprint density at radius 3 is 2.42 bits per heavy atom. The van der Waals surface area contributed by atoms with Crippen molar-refractivity contribution in [1.82, 2.24) is 4.90 Å². The molecule has 3 aliphatic rings. The Balaban J connectivity index is 1.27. The fourth-order valence-electron chi connectivity index (χ4n) is 5.32. The number of benzene rings is 2. The lowest BCUT2D eigenvalue weighted by molar-refractivity contribution is 0.0195. The lowest BCUT2D eigenvalue weighted by Crippen LogP contribution is -2.41. The standard InChI is InChI=1S/C27H33FN4O4/c1-27(2,3)36-26(34)32(13-17-7-5-4-6-8-17)24-20-15-30(16-21(20)24)23-10-9-18(11-22(23)28)31-14-19(12-29)35-25(31)33/h4-11,19-21,24H,12-16,29H2,1-3H3/t19-,20-,21+,24?/m1/s1. The molecule has 0 spiro atoms. The van der Waals surface area contributed by atoms with Gasteiger partial charge in [0, 0.05) is 44.1 Å². The Labute approximate surface area is 210 Å². The maximum absolute atomic E-state index is 15.1. The summed E-state index contributed by atoms with van der Waals surface area (Å²) in [6.45, 7) is 7.92. The van der Waals surface area contributed by atoms with Gasteiger partial charge in [-0.3, -0.25) is 4.90 Å². The Morgan fingerprint density at radius 1 is 1.14 bits per heavy atom. The van der Waals surface area contributed by atoms with Crippen LogP contribution < -0.4 is 15.5 Å². The molecule has 4 atom stereocenters. The summed E-state index contributed by atoms with van der Waals surface area (Å²) in [5.74, 6) is 0.112. The molecule has 192 valence electrons. The van der Waals surface area contributed by atoms with E-state index in [0.717, 1.165) is 5.56 Å². The molecular formula is C27H33FN4O4. The van der Waals surface area contributed by atoms with Crippen LogP contribution in [0, 0.1) is 17.7 Å². The van der Waals surface area contributed by atoms with Gasteiger partial charge in [0.2, 0.25) is 0 Å². The lowest BCUT2D eigenvalue weighted by Gasteiger charge is -2.31. The van der Waals surface area contributed by atoms with Gasteiger partial charge in [0.1, 0.15) is 17.5 Å². The lowest BCUT2D eigenvalue weighted by atomic mass is 10.2. The van der Waals surface area contributed by atoms with E-state index in [1.165, 1.54) is 11.0 Å². The third-order valence-corrected chi connectivity index (χ3v) is 7.05. The highest BCUT2D eigenvalue weighted by molar-refractivity contribution is 5.90. The van der Waals surface area contributed by atoms with Crippen LogP contribution in [0.2, 0.25) is 0 Å². The molecule has 2 aromatic carbocycles. The molecule has 0 aromatic heterocycles. The molecule has 2 aliphatic heterocycles. The molecule has 0 bridgehead atoms. The van der Waals surface area contributed by atoms with Gasteiger partial charge >= 0.3 is 12.2 Å². The van der Waals surface area contributed by atoms with Crippen LogP contribution in [0.3, 0.4) is 0 Å². The average Bonchev–Trinajstić information content (AvgIpc) is 3.14. The van der Waals surface area contributed by atoms with E-state index >= 15 is 4.39 Å². The van der Waals surface area contributed by atoms with Gasteiger partial charge in [0.05, 0.1) is 17.9 Å². The number of nitrogens with two attached hydrogens (primary N) is 1. The minimum atomic E-state index is -0.584. The van der Waals surface area contributed by atoms with Gasteiger partial charge in [0.15, 0.2) is 0 Å². The fraction of sp³-hybridized carbons (Fsp3) is 0.481. The zero-order valence-corrected chi connectivity index (χ0v) is 20.9. The number of nitrogens with zero attached hydrogens (tertiary/aromatic N) is 3. The number of hydrogen-bond donors (Lipinski definition) is 1. The summed E-state index contributed by atoms with van der Waals surface area (Å²) in [7, 11) is 0. The highest BCUT2D eigenvalue weighted by atomic mass is 19.1. The number of ether oxygens (including phenoxy) is 2. The number of fused-ring (bicyclic) bond motifs is 1. The molecule has 3 fully saturated rings. The SMILES string of the molecule is CC(C)(C)OC(=O)N(Cc1ccccc1)C1[C@H]2CN(c3ccc(N4C[C@@H](CN)OC4=O)cc3F)C[C@@H]12. The molecule has 8 nitrogen and oxygen atoms in total. The minimum absolute atomic E-state index is 0.0613. The summed E-state index contributed by atoms with van der Waals surface area (Å²) in [5.41, 5.74) is 7.01. The Bertz CT molecular complexity index is 1130. The number of piperidine rings is 1. The van der Waals surface area contributed by atoms with Crippen molar-refractivity contribution >= 4 is 23.6 Å². The second kappa shape index (κ2) is 9.28. The zero-order valence-electron chi connectivity index (χ0n) is 20.9. The van der Waals surface area contributed by atoms with Gasteiger partial charge in [0.25, 0.3) is 0 Å². The first-order valence-electron chi connectivity index (χ1n) is 12.4. The van der Waals surface area contributed by atoms with Crippen molar-refractivity contribution < 1.29 is 23.5 Å². The Hall–Kier alpha value is -3.33. The van der Waals surface area contributed by atoms with Gasteiger partial charge in [-0.25, -0.2) is 14.0 Å². The van der Waals surface area contributed by atoms with Gasteiger partial charge in [-0.1, -0.05) is 30.3 Å². The van der Waals surface area contributed by atoms with E-state index < -0.39 is 11.7 Å². The maximum Gasteiger partial charge on any atom is 0.414 e. The smallest absolute Gasteiger partial charge is 0.414 e. The van der Waals surface area contributed by atoms with E-state index in [4.69, 9.17) is 15.2 Å². The van der Waals surface area contributed by atoms with Gasteiger partial charge in [-0.05, 0) is 44.5 Å². The number of anilines is 2. The summed E-state index contributed by atoms with van der Waals surface area (Å²) in [6, 6.07) is 14.8. The van der Waals surface area contributed by atoms with Crippen LogP contribution in [0.15, 0.2) is 48.5 Å². The molecule has 2 N–H and O–H groups in total. The maximum atomic E-state index is 15.1. The summed E-state index contributed by atoms with van der Waals surface area (Å²) in [4.78, 5) is 30.4. The van der Waals surface area contributed by atoms with Gasteiger partial charge < -0.3 is 25.0 Å². The van der Waals surface area contributed by atoms with Crippen LogP contribution in [0.5, 0.6) is 0 Å². The first-order chi connectivity index (χ1) is 17.1. The number of cyclic esters (lactones) is 1. The summed E-state index contributed by atoms with van der Waals surface area (Å²) in [6.07, 6.45) is -1.21. The number of carbonyl (C=O) groups is 2. The van der Waals surface area contributed by atoms with Crippen molar-refractivity contribution in [3.63, 3.8) is 0 Å². The number of hydrogen-bond acceptors (Lipinski definition) is 6. The number of amides is 2. The second-order valence-electron chi connectivity index (χ2n) is 10.8. The van der Waals surface area contributed by atoms with Crippen molar-refractivity contribution in [3.05, 3.63) is 59.9 Å². The van der Waals surface area contributed by atoms with E-state index in [9.17, 15) is 9.59 Å². The predicted octanol–water partition coefficient (Wildman–Crippen LogP) is 3.98. The van der Waals surface area contributed by atoms with Crippen LogP contribution in [-0.2, 0) is 16.0 Å². The predicted molar refractivity (Wildman–Crippen MR) is 134 cm³/mol. The first kappa shape index (κ1) is 24.4. The monoisotopic (exact) mass is 496 g/mol. The third-order valence-electron chi connectivity index (χ3n) is 7.05. The van der Waals surface area contributed by atoms with Crippen LogP contribution in [0.4, 0.5) is 25.4 Å². The Morgan fingerprint density at radius 2 is 1.83 bits per heavy atom. The first-order valence-corrected chi connectivity index (χ1v) is 12.4. The molecule has 2 amide bonds. The molecule has 0 radical (unpaired) electrons. The third kappa shape index (κ3) is 4.84. The van der Waals surface area contributed by atoms with Crippen molar-refractivity contribution in [3.8, 4) is 0 Å². The van der Waals surface area contributed by atoms with E-state index in [1.807, 2.05) is 60.9 Å². The number of halogens is 1. The topological polar surface area (TPSA) is 88.3 Å². The molecule has 2 saturated heterocycles. The fourth-order valence-corrected chi connectivity index (χ4v) is 5.32. The zero-order chi connectivity index (χ0) is 25.6. The molecule has 5 rings (SSSR count). The molecule has 2 heterocycles. The van der Waals surface area contributed by atoms with E-state index in [2.05, 4.69) is 0 Å². The normalized spacial score (nSPS) is 25.0. The quantitative estimate of drug-likeness (QED) is 0.651. The highest BCUT2D eigenvalue weighted by Crippen LogP contribution is 2.51. The molecule has 2 aromatic rings. The molecule has 9 heteroatoms. The number of carbonyl (C=O) groups excluding carboxylic acids is 2. The van der Waals surface area contributed by atoms with Crippen molar-refractivity contribution in [2.75, 3.05) is 36.0 Å². The highest BCUT2D eigenvalue weighted by Gasteiger charge is 2.60. The summed E-state index contributed by atoms with van der Waals surface area (Å²) < 4.78 is 26.0. The van der Waals surface area contributed by atoms with Crippen molar-refractivity contribution in [2.45, 2.75) is 45.1 Å². The molecular weight excluding hydrogens is 463 g/mol. The molecule has 1 saturated carbocycles. The van der Waals surface area contributed by atoms with Crippen LogP contribution >= 0.6 is 0 Å². The number of rotatable bonds is 6. The Kier molecular flexibility index (Phi) is 6.28. The second-order valence-corrected chi connectivity index (χ2v) is 10.8. The molecule has 1 unspecified atom stereocenters. The van der Waals surface area contributed by atoms with E-state index in [0.29, 0.717) is 37.6 Å². The molecule has 36 heavy (non-hydrogen) atoms. The minimum Gasteiger partial charge on any atom is -0.444 e. The van der Waals surface area contributed by atoms with Crippen LogP contribution in [0.1, 0.15) is 26.3 Å².